The molecule has 0 unspecified atom stereocenters. The lowest BCUT2D eigenvalue weighted by molar-refractivity contribution is 0.0957. The standard InChI is InChI=1S/C21H15NO4/c1-11-7-3-6-10-15(11)22-21(25)16-12(2)26-20-17(16)18(23)13-8-4-5-9-14(13)19(20)24/h3-10H,1-2H3,(H,22,25). The second-order valence-corrected chi connectivity index (χ2v) is 6.21. The Morgan fingerprint density at radius 3 is 2.19 bits per heavy atom. The highest BCUT2D eigenvalue weighted by atomic mass is 16.4. The van der Waals surface area contributed by atoms with Crippen molar-refractivity contribution in [2.75, 3.05) is 5.32 Å². The van der Waals surface area contributed by atoms with Crippen LogP contribution in [0, 0.1) is 13.8 Å². The predicted octanol–water partition coefficient (Wildman–Crippen LogP) is 3.92. The topological polar surface area (TPSA) is 76.4 Å². The van der Waals surface area contributed by atoms with Gasteiger partial charge in [0, 0.05) is 16.8 Å². The summed E-state index contributed by atoms with van der Waals surface area (Å²) in [5.41, 5.74) is 2.26. The Hall–Kier alpha value is -3.47. The number of carbonyl (C=O) groups is 3. The van der Waals surface area contributed by atoms with Crippen LogP contribution in [0.15, 0.2) is 52.9 Å². The maximum atomic E-state index is 12.9. The van der Waals surface area contributed by atoms with Crippen LogP contribution < -0.4 is 5.32 Å². The Kier molecular flexibility index (Phi) is 3.58. The van der Waals surface area contributed by atoms with Crippen molar-refractivity contribution in [3.05, 3.63) is 87.9 Å². The number of nitrogens with one attached hydrogen (secondary N) is 1. The van der Waals surface area contributed by atoms with Crippen LogP contribution in [0.2, 0.25) is 0 Å². The Bertz CT molecular complexity index is 1090. The van der Waals surface area contributed by atoms with Gasteiger partial charge in [0.2, 0.25) is 5.78 Å². The van der Waals surface area contributed by atoms with Gasteiger partial charge < -0.3 is 9.73 Å². The van der Waals surface area contributed by atoms with Crippen LogP contribution in [0.25, 0.3) is 0 Å². The van der Waals surface area contributed by atoms with E-state index in [2.05, 4.69) is 5.32 Å². The van der Waals surface area contributed by atoms with Gasteiger partial charge >= 0.3 is 0 Å². The number of rotatable bonds is 2. The van der Waals surface area contributed by atoms with E-state index in [0.717, 1.165) is 5.56 Å². The molecule has 1 aliphatic carbocycles. The summed E-state index contributed by atoms with van der Waals surface area (Å²) in [6.07, 6.45) is 0. The van der Waals surface area contributed by atoms with Crippen molar-refractivity contribution in [1.29, 1.82) is 0 Å². The van der Waals surface area contributed by atoms with E-state index >= 15 is 0 Å². The molecule has 0 atom stereocenters. The number of anilines is 1. The first kappa shape index (κ1) is 16.0. The van der Waals surface area contributed by atoms with Gasteiger partial charge in [-0.25, -0.2) is 0 Å². The molecule has 4 rings (SSSR count). The van der Waals surface area contributed by atoms with Crippen LogP contribution in [0.3, 0.4) is 0 Å². The zero-order valence-electron chi connectivity index (χ0n) is 14.3. The quantitative estimate of drug-likeness (QED) is 0.597. The number of aryl methyl sites for hydroxylation is 2. The average molecular weight is 345 g/mol. The SMILES string of the molecule is Cc1ccccc1NC(=O)c1c(C)oc2c1C(=O)c1ccccc1C2=O. The van der Waals surface area contributed by atoms with Crippen LogP contribution in [-0.4, -0.2) is 17.5 Å². The van der Waals surface area contributed by atoms with Crippen molar-refractivity contribution in [1.82, 2.24) is 0 Å². The molecule has 1 aliphatic rings. The van der Waals surface area contributed by atoms with Crippen molar-refractivity contribution in [3.8, 4) is 0 Å². The fourth-order valence-corrected chi connectivity index (χ4v) is 3.23. The minimum atomic E-state index is -0.470. The predicted molar refractivity (Wildman–Crippen MR) is 95.9 cm³/mol. The normalized spacial score (nSPS) is 12.5. The lowest BCUT2D eigenvalue weighted by atomic mass is 9.86. The summed E-state index contributed by atoms with van der Waals surface area (Å²) in [6, 6.07) is 13.9. The third-order valence-corrected chi connectivity index (χ3v) is 4.55. The third kappa shape index (κ3) is 2.29. The first-order valence-corrected chi connectivity index (χ1v) is 8.18. The average Bonchev–Trinajstić information content (AvgIpc) is 2.99. The fraction of sp³-hybridized carbons (Fsp3) is 0.0952. The van der Waals surface area contributed by atoms with Gasteiger partial charge in [-0.1, -0.05) is 42.5 Å². The largest absolute Gasteiger partial charge is 0.456 e. The number of hydrogen-bond acceptors (Lipinski definition) is 4. The molecule has 1 amide bonds. The van der Waals surface area contributed by atoms with E-state index in [-0.39, 0.29) is 39.8 Å². The molecule has 128 valence electrons. The second kappa shape index (κ2) is 5.81. The van der Waals surface area contributed by atoms with Gasteiger partial charge in [0.05, 0.1) is 11.1 Å². The second-order valence-electron chi connectivity index (χ2n) is 6.21. The highest BCUT2D eigenvalue weighted by Crippen LogP contribution is 2.33. The van der Waals surface area contributed by atoms with Gasteiger partial charge in [0.15, 0.2) is 11.5 Å². The fourth-order valence-electron chi connectivity index (χ4n) is 3.23. The summed E-state index contributed by atoms with van der Waals surface area (Å²) in [6.45, 7) is 3.45. The Labute approximate surface area is 149 Å². The van der Waals surface area contributed by atoms with Crippen LogP contribution in [-0.2, 0) is 0 Å². The maximum Gasteiger partial charge on any atom is 0.259 e. The summed E-state index contributed by atoms with van der Waals surface area (Å²) in [4.78, 5) is 38.4. The van der Waals surface area contributed by atoms with Crippen LogP contribution >= 0.6 is 0 Å². The molecular weight excluding hydrogens is 330 g/mol. The molecule has 1 N–H and O–H groups in total. The molecule has 1 heterocycles. The first-order valence-electron chi connectivity index (χ1n) is 8.18. The van der Waals surface area contributed by atoms with E-state index in [4.69, 9.17) is 4.42 Å². The highest BCUT2D eigenvalue weighted by molar-refractivity contribution is 6.30. The molecule has 0 spiro atoms. The van der Waals surface area contributed by atoms with E-state index in [1.54, 1.807) is 37.3 Å². The lowest BCUT2D eigenvalue weighted by Crippen LogP contribution is -2.23. The van der Waals surface area contributed by atoms with Crippen molar-refractivity contribution < 1.29 is 18.8 Å². The van der Waals surface area contributed by atoms with E-state index in [1.165, 1.54) is 0 Å². The van der Waals surface area contributed by atoms with Gasteiger partial charge in [-0.05, 0) is 25.5 Å². The number of fused-ring (bicyclic) bond motifs is 2. The minimum Gasteiger partial charge on any atom is -0.456 e. The van der Waals surface area contributed by atoms with Gasteiger partial charge in [0.1, 0.15) is 5.76 Å². The summed E-state index contributed by atoms with van der Waals surface area (Å²) < 4.78 is 5.53. The van der Waals surface area contributed by atoms with Crippen molar-refractivity contribution >= 4 is 23.2 Å². The molecule has 5 nitrogen and oxygen atoms in total. The molecular formula is C21H15NO4. The van der Waals surface area contributed by atoms with Crippen LogP contribution in [0.5, 0.6) is 0 Å². The minimum absolute atomic E-state index is 0.0392. The molecule has 0 saturated heterocycles. The Morgan fingerprint density at radius 2 is 1.50 bits per heavy atom. The molecule has 0 radical (unpaired) electrons. The molecule has 0 fully saturated rings. The van der Waals surface area contributed by atoms with Gasteiger partial charge in [0.25, 0.3) is 5.91 Å². The summed E-state index contributed by atoms with van der Waals surface area (Å²) in [5, 5.41) is 2.80. The molecule has 5 heteroatoms. The smallest absolute Gasteiger partial charge is 0.259 e. The van der Waals surface area contributed by atoms with Crippen molar-refractivity contribution in [3.63, 3.8) is 0 Å². The number of benzene rings is 2. The molecule has 3 aromatic rings. The molecule has 2 aromatic carbocycles. The number of hydrogen-bond donors (Lipinski definition) is 1. The first-order chi connectivity index (χ1) is 12.5. The van der Waals surface area contributed by atoms with Gasteiger partial charge in [-0.2, -0.15) is 0 Å². The van der Waals surface area contributed by atoms with E-state index in [9.17, 15) is 14.4 Å². The highest BCUT2D eigenvalue weighted by Gasteiger charge is 2.38. The zero-order chi connectivity index (χ0) is 18.4. The molecule has 1 aromatic heterocycles. The number of carbonyl (C=O) groups excluding carboxylic acids is 3. The third-order valence-electron chi connectivity index (χ3n) is 4.55. The number of amides is 1. The Balaban J connectivity index is 1.82. The molecule has 0 saturated carbocycles. The zero-order valence-corrected chi connectivity index (χ0v) is 14.3. The van der Waals surface area contributed by atoms with E-state index in [1.807, 2.05) is 25.1 Å². The van der Waals surface area contributed by atoms with E-state index < -0.39 is 5.91 Å². The van der Waals surface area contributed by atoms with E-state index in [0.29, 0.717) is 11.3 Å². The van der Waals surface area contributed by atoms with Gasteiger partial charge in [-0.15, -0.1) is 0 Å². The molecule has 0 aliphatic heterocycles. The number of ketones is 2. The molecule has 0 bridgehead atoms. The van der Waals surface area contributed by atoms with Crippen LogP contribution in [0.1, 0.15) is 53.7 Å². The lowest BCUT2D eigenvalue weighted by Gasteiger charge is -2.14. The summed E-state index contributed by atoms with van der Waals surface area (Å²) in [7, 11) is 0. The Morgan fingerprint density at radius 1 is 0.885 bits per heavy atom. The van der Waals surface area contributed by atoms with Gasteiger partial charge in [-0.3, -0.25) is 14.4 Å². The summed E-state index contributed by atoms with van der Waals surface area (Å²) >= 11 is 0. The monoisotopic (exact) mass is 345 g/mol. The number of furan rings is 1. The van der Waals surface area contributed by atoms with Crippen LogP contribution in [0.4, 0.5) is 5.69 Å². The molecule has 26 heavy (non-hydrogen) atoms. The summed E-state index contributed by atoms with van der Waals surface area (Å²) in [5.74, 6) is -1.05. The van der Waals surface area contributed by atoms with Crippen molar-refractivity contribution in [2.45, 2.75) is 13.8 Å². The maximum absolute atomic E-state index is 12.9. The van der Waals surface area contributed by atoms with Crippen molar-refractivity contribution in [2.24, 2.45) is 0 Å². The number of para-hydroxylation sites is 1.